The maximum Gasteiger partial charge on any atom is 0.230 e. The standard InChI is InChI=1S/C29H37ClN2O3/c1-2-26(23-10-5-3-6-11-23)28(34)32-19-9-16-29(21-32,20-27(33)31-17-7-4-8-18-31)22-35-25-14-12-24(30)13-15-25/h3,5-6,10-15,26H,2,4,7-9,16-22H2,1H3/t26-,29-/m1/s1. The lowest BCUT2D eigenvalue weighted by Crippen LogP contribution is -2.52. The van der Waals surface area contributed by atoms with E-state index in [0.29, 0.717) is 24.6 Å². The van der Waals surface area contributed by atoms with Crippen LogP contribution in [0.2, 0.25) is 5.02 Å². The summed E-state index contributed by atoms with van der Waals surface area (Å²) in [6, 6.07) is 17.4. The quantitative estimate of drug-likeness (QED) is 0.455. The summed E-state index contributed by atoms with van der Waals surface area (Å²) in [5.74, 6) is 0.911. The number of likely N-dealkylation sites (tertiary alicyclic amines) is 2. The van der Waals surface area contributed by atoms with Crippen molar-refractivity contribution in [2.24, 2.45) is 5.41 Å². The van der Waals surface area contributed by atoms with Crippen LogP contribution in [-0.2, 0) is 9.59 Å². The van der Waals surface area contributed by atoms with Crippen molar-refractivity contribution in [2.45, 2.75) is 57.8 Å². The first kappa shape index (κ1) is 25.6. The summed E-state index contributed by atoms with van der Waals surface area (Å²) in [6.07, 6.45) is 6.22. The number of amides is 2. The second-order valence-electron chi connectivity index (χ2n) is 10.1. The van der Waals surface area contributed by atoms with Crippen molar-refractivity contribution in [3.63, 3.8) is 0 Å². The Balaban J connectivity index is 1.53. The second-order valence-corrected chi connectivity index (χ2v) is 10.5. The van der Waals surface area contributed by atoms with Crippen LogP contribution in [0.5, 0.6) is 5.75 Å². The molecule has 2 aromatic rings. The van der Waals surface area contributed by atoms with Crippen molar-refractivity contribution >= 4 is 23.4 Å². The molecule has 0 unspecified atom stereocenters. The number of hydrogen-bond donors (Lipinski definition) is 0. The lowest BCUT2D eigenvalue weighted by Gasteiger charge is -2.44. The lowest BCUT2D eigenvalue weighted by atomic mass is 9.76. The van der Waals surface area contributed by atoms with Gasteiger partial charge in [0.25, 0.3) is 0 Å². The molecule has 2 amide bonds. The van der Waals surface area contributed by atoms with Gasteiger partial charge in [0.1, 0.15) is 5.75 Å². The highest BCUT2D eigenvalue weighted by Gasteiger charge is 2.42. The number of halogens is 1. The highest BCUT2D eigenvalue weighted by molar-refractivity contribution is 6.30. The number of piperidine rings is 2. The predicted molar refractivity (Wildman–Crippen MR) is 140 cm³/mol. The number of hydrogen-bond acceptors (Lipinski definition) is 3. The van der Waals surface area contributed by atoms with Crippen molar-refractivity contribution in [3.8, 4) is 5.75 Å². The third kappa shape index (κ3) is 6.58. The van der Waals surface area contributed by atoms with E-state index in [9.17, 15) is 9.59 Å². The van der Waals surface area contributed by atoms with Gasteiger partial charge in [-0.15, -0.1) is 0 Å². The first-order chi connectivity index (χ1) is 17.0. The zero-order valence-electron chi connectivity index (χ0n) is 20.8. The molecule has 0 saturated carbocycles. The van der Waals surface area contributed by atoms with Crippen molar-refractivity contribution in [3.05, 3.63) is 65.2 Å². The summed E-state index contributed by atoms with van der Waals surface area (Å²) >= 11 is 6.04. The molecular formula is C29H37ClN2O3. The van der Waals surface area contributed by atoms with Crippen LogP contribution >= 0.6 is 11.6 Å². The Bertz CT molecular complexity index is 975. The van der Waals surface area contributed by atoms with Crippen LogP contribution in [0.1, 0.15) is 63.4 Å². The largest absolute Gasteiger partial charge is 0.493 e. The zero-order chi connectivity index (χ0) is 24.7. The highest BCUT2D eigenvalue weighted by Crippen LogP contribution is 2.37. The molecule has 35 heavy (non-hydrogen) atoms. The maximum absolute atomic E-state index is 13.7. The molecule has 2 saturated heterocycles. The monoisotopic (exact) mass is 496 g/mol. The zero-order valence-corrected chi connectivity index (χ0v) is 21.5. The molecule has 5 nitrogen and oxygen atoms in total. The topological polar surface area (TPSA) is 49.9 Å². The van der Waals surface area contributed by atoms with Crippen LogP contribution in [0.15, 0.2) is 54.6 Å². The normalized spacial score (nSPS) is 21.4. The Hall–Kier alpha value is -2.53. The van der Waals surface area contributed by atoms with Crippen molar-refractivity contribution in [1.29, 1.82) is 0 Å². The number of carbonyl (C=O) groups is 2. The Kier molecular flexibility index (Phi) is 8.72. The molecule has 2 heterocycles. The fraction of sp³-hybridized carbons (Fsp3) is 0.517. The van der Waals surface area contributed by atoms with E-state index in [1.54, 1.807) is 0 Å². The fourth-order valence-corrected chi connectivity index (χ4v) is 5.64. The third-order valence-electron chi connectivity index (χ3n) is 7.48. The highest BCUT2D eigenvalue weighted by atomic mass is 35.5. The van der Waals surface area contributed by atoms with E-state index in [0.717, 1.165) is 63.1 Å². The van der Waals surface area contributed by atoms with E-state index in [4.69, 9.17) is 16.3 Å². The first-order valence-electron chi connectivity index (χ1n) is 13.0. The van der Waals surface area contributed by atoms with Gasteiger partial charge in [-0.25, -0.2) is 0 Å². The van der Waals surface area contributed by atoms with E-state index >= 15 is 0 Å². The van der Waals surface area contributed by atoms with Gasteiger partial charge < -0.3 is 14.5 Å². The molecule has 188 valence electrons. The van der Waals surface area contributed by atoms with E-state index in [1.165, 1.54) is 6.42 Å². The molecule has 0 bridgehead atoms. The average Bonchev–Trinajstić information content (AvgIpc) is 2.90. The number of rotatable bonds is 8. The van der Waals surface area contributed by atoms with Gasteiger partial charge in [-0.2, -0.15) is 0 Å². The molecule has 2 fully saturated rings. The molecule has 0 radical (unpaired) electrons. The Morgan fingerprint density at radius 2 is 1.63 bits per heavy atom. The van der Waals surface area contributed by atoms with Gasteiger partial charge in [-0.1, -0.05) is 48.9 Å². The van der Waals surface area contributed by atoms with Crippen LogP contribution in [0.3, 0.4) is 0 Å². The molecule has 2 aliphatic rings. The summed E-state index contributed by atoms with van der Waals surface area (Å²) in [7, 11) is 0. The van der Waals surface area contributed by atoms with E-state index < -0.39 is 5.41 Å². The average molecular weight is 497 g/mol. The summed E-state index contributed by atoms with van der Waals surface area (Å²) in [5, 5.41) is 0.660. The Morgan fingerprint density at radius 3 is 2.31 bits per heavy atom. The molecule has 4 rings (SSSR count). The minimum Gasteiger partial charge on any atom is -0.493 e. The lowest BCUT2D eigenvalue weighted by molar-refractivity contribution is -0.143. The van der Waals surface area contributed by atoms with Gasteiger partial charge >= 0.3 is 0 Å². The smallest absolute Gasteiger partial charge is 0.230 e. The second kappa shape index (κ2) is 11.9. The van der Waals surface area contributed by atoms with Crippen LogP contribution in [0, 0.1) is 5.41 Å². The van der Waals surface area contributed by atoms with Crippen molar-refractivity contribution < 1.29 is 14.3 Å². The van der Waals surface area contributed by atoms with Gasteiger partial charge in [-0.3, -0.25) is 9.59 Å². The van der Waals surface area contributed by atoms with Crippen LogP contribution in [0.25, 0.3) is 0 Å². The molecule has 6 heteroatoms. The Morgan fingerprint density at radius 1 is 0.943 bits per heavy atom. The number of nitrogens with zero attached hydrogens (tertiary/aromatic N) is 2. The van der Waals surface area contributed by atoms with E-state index in [2.05, 4.69) is 6.92 Å². The number of ether oxygens (including phenoxy) is 1. The molecule has 0 aromatic heterocycles. The first-order valence-corrected chi connectivity index (χ1v) is 13.4. The van der Waals surface area contributed by atoms with Crippen LogP contribution < -0.4 is 4.74 Å². The van der Waals surface area contributed by atoms with Gasteiger partial charge in [-0.05, 0) is 68.4 Å². The SMILES string of the molecule is CC[C@@H](C(=O)N1CCC[C@@](COc2ccc(Cl)cc2)(CC(=O)N2CCCCC2)C1)c1ccccc1. The molecule has 0 aliphatic carbocycles. The van der Waals surface area contributed by atoms with E-state index in [1.807, 2.05) is 64.4 Å². The molecule has 0 spiro atoms. The van der Waals surface area contributed by atoms with Crippen LogP contribution in [-0.4, -0.2) is 54.4 Å². The molecule has 2 aliphatic heterocycles. The summed E-state index contributed by atoms with van der Waals surface area (Å²) < 4.78 is 6.22. The third-order valence-corrected chi connectivity index (χ3v) is 7.73. The summed E-state index contributed by atoms with van der Waals surface area (Å²) in [6.45, 7) is 5.41. The molecule has 0 N–H and O–H groups in total. The Labute approximate surface area is 214 Å². The summed E-state index contributed by atoms with van der Waals surface area (Å²) in [5.41, 5.74) is 0.648. The predicted octanol–water partition coefficient (Wildman–Crippen LogP) is 5.92. The molecular weight excluding hydrogens is 460 g/mol. The summed E-state index contributed by atoms with van der Waals surface area (Å²) in [4.78, 5) is 31.0. The number of carbonyl (C=O) groups excluding carboxylic acids is 2. The van der Waals surface area contributed by atoms with Crippen molar-refractivity contribution in [2.75, 3.05) is 32.8 Å². The fourth-order valence-electron chi connectivity index (χ4n) is 5.51. The van der Waals surface area contributed by atoms with Crippen LogP contribution in [0.4, 0.5) is 0 Å². The minimum atomic E-state index is -0.406. The van der Waals surface area contributed by atoms with Gasteiger partial charge in [0.2, 0.25) is 11.8 Å². The van der Waals surface area contributed by atoms with Gasteiger partial charge in [0.15, 0.2) is 0 Å². The maximum atomic E-state index is 13.7. The van der Waals surface area contributed by atoms with Gasteiger partial charge in [0.05, 0.1) is 12.5 Å². The minimum absolute atomic E-state index is 0.152. The number of benzene rings is 2. The van der Waals surface area contributed by atoms with E-state index in [-0.39, 0.29) is 17.7 Å². The van der Waals surface area contributed by atoms with Gasteiger partial charge in [0, 0.05) is 43.0 Å². The molecule has 2 atom stereocenters. The molecule has 2 aromatic carbocycles. The van der Waals surface area contributed by atoms with Crippen molar-refractivity contribution in [1.82, 2.24) is 9.80 Å².